The van der Waals surface area contributed by atoms with Crippen LogP contribution in [0.25, 0.3) is 0 Å². The van der Waals surface area contributed by atoms with Gasteiger partial charge in [-0.25, -0.2) is 22.4 Å². The van der Waals surface area contributed by atoms with E-state index in [0.717, 1.165) is 12.8 Å². The number of nitrogens with one attached hydrogen (secondary N) is 1. The second kappa shape index (κ2) is 24.0. The molecule has 4 aromatic carbocycles. The van der Waals surface area contributed by atoms with Gasteiger partial charge in [-0.1, -0.05) is 46.4 Å². The van der Waals surface area contributed by atoms with Crippen LogP contribution in [0.2, 0.25) is 20.1 Å². The maximum absolute atomic E-state index is 14.2. The second-order valence-corrected chi connectivity index (χ2v) is 15.8. The minimum Gasteiger partial charge on any atom is -0.497 e. The summed E-state index contributed by atoms with van der Waals surface area (Å²) in [5, 5.41) is 2.97. The van der Waals surface area contributed by atoms with Crippen molar-refractivity contribution in [3.05, 3.63) is 115 Å². The number of hydrogen-bond donors (Lipinski definition) is 2. The Bertz CT molecular complexity index is 2080. The average Bonchev–Trinajstić information content (AvgIpc) is 4.14. The molecule has 2 aliphatic carbocycles. The lowest BCUT2D eigenvalue weighted by Crippen LogP contribution is -2.33. The SMILES string of the molecule is COc1ccc(Cl)c(F)c1.COc1ccc(Cl)c(F)c1C1CC1CN.COc1ccc(Cl)c(F)c1C1CC1CNC(=O)OC(C)(C)C.COc1ccc(Cl)c(F)c1C=O.Cl. The van der Waals surface area contributed by atoms with Crippen molar-refractivity contribution in [1.29, 1.82) is 0 Å². The number of benzene rings is 4. The molecule has 2 fully saturated rings. The fourth-order valence-corrected chi connectivity index (χ4v) is 6.41. The number of alkyl carbamates (subject to hydrolysis) is 1. The number of carbonyl (C=O) groups is 2. The molecule has 6 rings (SSSR count). The van der Waals surface area contributed by atoms with Crippen LogP contribution >= 0.6 is 58.8 Å². The zero-order valence-electron chi connectivity index (χ0n) is 33.8. The molecule has 2 aliphatic rings. The molecule has 18 heteroatoms. The second-order valence-electron chi connectivity index (χ2n) is 14.2. The highest BCUT2D eigenvalue weighted by Crippen LogP contribution is 2.52. The van der Waals surface area contributed by atoms with Crippen LogP contribution in [0.5, 0.6) is 23.0 Å². The van der Waals surface area contributed by atoms with E-state index in [4.69, 9.17) is 75.8 Å². The number of aldehydes is 1. The van der Waals surface area contributed by atoms with Gasteiger partial charge in [-0.2, -0.15) is 0 Å². The van der Waals surface area contributed by atoms with Crippen molar-refractivity contribution in [2.24, 2.45) is 17.6 Å². The summed E-state index contributed by atoms with van der Waals surface area (Å²) in [6, 6.07) is 13.4. The fraction of sp³-hybridized carbons (Fsp3) is 0.381. The molecule has 0 aliphatic heterocycles. The largest absolute Gasteiger partial charge is 0.497 e. The van der Waals surface area contributed by atoms with Gasteiger partial charge in [0, 0.05) is 23.7 Å². The quantitative estimate of drug-likeness (QED) is 0.119. The molecule has 3 N–H and O–H groups in total. The normalized spacial score (nSPS) is 17.0. The van der Waals surface area contributed by atoms with Crippen LogP contribution in [0.4, 0.5) is 22.4 Å². The van der Waals surface area contributed by atoms with Crippen molar-refractivity contribution in [3.8, 4) is 23.0 Å². The summed E-state index contributed by atoms with van der Waals surface area (Å²) >= 11 is 22.4. The van der Waals surface area contributed by atoms with Crippen molar-refractivity contribution in [1.82, 2.24) is 5.32 Å². The Balaban J connectivity index is 0.000000287. The predicted octanol–water partition coefficient (Wildman–Crippen LogP) is 11.9. The van der Waals surface area contributed by atoms with Gasteiger partial charge >= 0.3 is 6.09 Å². The van der Waals surface area contributed by atoms with Crippen LogP contribution in [-0.4, -0.2) is 59.5 Å². The lowest BCUT2D eigenvalue weighted by atomic mass is 10.1. The first-order valence-corrected chi connectivity index (χ1v) is 19.5. The zero-order chi connectivity index (χ0) is 44.2. The molecule has 2 saturated carbocycles. The molecule has 0 radical (unpaired) electrons. The summed E-state index contributed by atoms with van der Waals surface area (Å²) in [5.41, 5.74) is 5.94. The van der Waals surface area contributed by atoms with Crippen molar-refractivity contribution in [3.63, 3.8) is 0 Å². The Hall–Kier alpha value is -3.85. The molecular weight excluding hydrogens is 898 g/mol. The van der Waals surface area contributed by atoms with Crippen LogP contribution in [0.3, 0.4) is 0 Å². The third-order valence-corrected chi connectivity index (χ3v) is 10.2. The highest BCUT2D eigenvalue weighted by molar-refractivity contribution is 6.31. The smallest absolute Gasteiger partial charge is 0.407 e. The molecule has 4 unspecified atom stereocenters. The number of hydrogen-bond acceptors (Lipinski definition) is 8. The standard InChI is InChI=1S/C16H21ClFNO3.C11H13ClFNO.C8H6ClFO2.C7H6ClFO.ClH/c1-16(2,3)22-15(20)19-8-9-7-10(9)13-12(21-4)6-5-11(17)14(13)18;1-15-9-3-2-8(12)11(13)10(9)7-4-6(7)5-14;1-12-7-3-2-6(9)8(10)5(7)4-11;1-10-5-2-3-6(8)7(9)4-5;/h5-6,9-10H,7-8H2,1-4H3,(H,19,20);2-3,6-7H,4-5,14H2,1H3;2-4H,1H3;2-4H,1H3;1H. The average molecular weight is 945 g/mol. The molecule has 60 heavy (non-hydrogen) atoms. The van der Waals surface area contributed by atoms with E-state index in [9.17, 15) is 27.2 Å². The fourth-order valence-electron chi connectivity index (χ4n) is 5.80. The summed E-state index contributed by atoms with van der Waals surface area (Å²) in [6.07, 6.45) is 1.62. The number of amides is 1. The number of halogens is 9. The highest BCUT2D eigenvalue weighted by Gasteiger charge is 2.43. The molecule has 0 spiro atoms. The van der Waals surface area contributed by atoms with Crippen LogP contribution in [0.15, 0.2) is 54.6 Å². The van der Waals surface area contributed by atoms with E-state index in [2.05, 4.69) is 5.32 Å². The molecule has 330 valence electrons. The maximum atomic E-state index is 14.2. The van der Waals surface area contributed by atoms with Gasteiger partial charge in [-0.15, -0.1) is 12.4 Å². The van der Waals surface area contributed by atoms with Gasteiger partial charge in [0.25, 0.3) is 0 Å². The van der Waals surface area contributed by atoms with Crippen molar-refractivity contribution < 1.29 is 50.8 Å². The third-order valence-electron chi connectivity index (χ3n) is 8.98. The summed E-state index contributed by atoms with van der Waals surface area (Å²) in [7, 11) is 5.87. The zero-order valence-corrected chi connectivity index (χ0v) is 37.6. The van der Waals surface area contributed by atoms with Gasteiger partial charge < -0.3 is 34.7 Å². The minimum absolute atomic E-state index is 0. The lowest BCUT2D eigenvalue weighted by molar-refractivity contribution is 0.0525. The number of carbonyl (C=O) groups excluding carboxylic acids is 2. The van der Waals surface area contributed by atoms with E-state index in [1.807, 2.05) is 0 Å². The molecule has 4 atom stereocenters. The van der Waals surface area contributed by atoms with Crippen molar-refractivity contribution in [2.75, 3.05) is 41.5 Å². The van der Waals surface area contributed by atoms with Crippen LogP contribution in [0.1, 0.15) is 66.9 Å². The molecular formula is C42H47Cl5F4N2O7. The first-order chi connectivity index (χ1) is 27.8. The summed E-state index contributed by atoms with van der Waals surface area (Å²) in [6.45, 7) is 6.44. The van der Waals surface area contributed by atoms with Crippen LogP contribution in [0, 0.1) is 35.1 Å². The summed E-state index contributed by atoms with van der Waals surface area (Å²) in [5.74, 6) is 0.418. The first-order valence-electron chi connectivity index (χ1n) is 18.0. The van der Waals surface area contributed by atoms with Gasteiger partial charge in [-0.05, 0) is 112 Å². The maximum Gasteiger partial charge on any atom is 0.407 e. The molecule has 0 bridgehead atoms. The van der Waals surface area contributed by atoms with E-state index in [1.54, 1.807) is 39.0 Å². The van der Waals surface area contributed by atoms with Crippen molar-refractivity contribution >= 4 is 71.2 Å². The van der Waals surface area contributed by atoms with Crippen LogP contribution in [-0.2, 0) is 4.74 Å². The monoisotopic (exact) mass is 942 g/mol. The molecule has 9 nitrogen and oxygen atoms in total. The van der Waals surface area contributed by atoms with E-state index < -0.39 is 29.1 Å². The van der Waals surface area contributed by atoms with E-state index in [1.165, 1.54) is 64.8 Å². The van der Waals surface area contributed by atoms with Gasteiger partial charge in [0.05, 0.1) is 54.1 Å². The lowest BCUT2D eigenvalue weighted by Gasteiger charge is -2.19. The Morgan fingerprint density at radius 2 is 1.17 bits per heavy atom. The predicted molar refractivity (Wildman–Crippen MR) is 229 cm³/mol. The van der Waals surface area contributed by atoms with Crippen molar-refractivity contribution in [2.45, 2.75) is 51.0 Å². The third kappa shape index (κ3) is 14.7. The van der Waals surface area contributed by atoms with E-state index in [-0.39, 0.29) is 67.4 Å². The Morgan fingerprint density at radius 3 is 1.58 bits per heavy atom. The van der Waals surface area contributed by atoms with Gasteiger partial charge in [0.1, 0.15) is 46.1 Å². The number of methoxy groups -OCH3 is 4. The summed E-state index contributed by atoms with van der Waals surface area (Å²) in [4.78, 5) is 22.0. The highest BCUT2D eigenvalue weighted by atomic mass is 35.5. The van der Waals surface area contributed by atoms with Crippen LogP contribution < -0.4 is 30.0 Å². The first kappa shape index (κ1) is 52.3. The number of nitrogens with two attached hydrogens (primary N) is 1. The Kier molecular flexibility index (Phi) is 20.9. The molecule has 0 saturated heterocycles. The van der Waals surface area contributed by atoms with Gasteiger partial charge in [0.2, 0.25) is 0 Å². The minimum atomic E-state index is -0.744. The Labute approximate surface area is 373 Å². The molecule has 4 aromatic rings. The number of ether oxygens (including phenoxy) is 5. The topological polar surface area (TPSA) is 118 Å². The van der Waals surface area contributed by atoms with Gasteiger partial charge in [-0.3, -0.25) is 4.79 Å². The Morgan fingerprint density at radius 1 is 0.717 bits per heavy atom. The number of rotatable bonds is 10. The molecule has 0 aromatic heterocycles. The van der Waals surface area contributed by atoms with E-state index >= 15 is 0 Å². The summed E-state index contributed by atoms with van der Waals surface area (Å²) < 4.78 is 78.6. The molecule has 0 heterocycles. The van der Waals surface area contributed by atoms with E-state index in [0.29, 0.717) is 53.7 Å². The molecule has 1 amide bonds. The van der Waals surface area contributed by atoms with Gasteiger partial charge in [0.15, 0.2) is 12.1 Å².